The van der Waals surface area contributed by atoms with Crippen molar-refractivity contribution in [3.8, 4) is 17.2 Å². The summed E-state index contributed by atoms with van der Waals surface area (Å²) in [5.41, 5.74) is 0.935. The van der Waals surface area contributed by atoms with Gasteiger partial charge in [-0.1, -0.05) is 11.6 Å². The van der Waals surface area contributed by atoms with Crippen LogP contribution in [0.25, 0.3) is 0 Å². The van der Waals surface area contributed by atoms with Crippen LogP contribution in [0, 0.1) is 0 Å². The summed E-state index contributed by atoms with van der Waals surface area (Å²) in [7, 11) is 3.05. The van der Waals surface area contributed by atoms with Gasteiger partial charge in [-0.25, -0.2) is 0 Å². The number of halogens is 1. The Labute approximate surface area is 140 Å². The van der Waals surface area contributed by atoms with Crippen LogP contribution in [0.15, 0.2) is 36.4 Å². The number of ether oxygens (including phenoxy) is 3. The minimum absolute atomic E-state index is 0.299. The van der Waals surface area contributed by atoms with Crippen LogP contribution in [0.1, 0.15) is 17.3 Å². The summed E-state index contributed by atoms with van der Waals surface area (Å²) in [6, 6.07) is 10.0. The van der Waals surface area contributed by atoms with Gasteiger partial charge in [-0.3, -0.25) is 4.79 Å². The largest absolute Gasteiger partial charge is 0.495 e. The van der Waals surface area contributed by atoms with Gasteiger partial charge < -0.3 is 19.5 Å². The molecule has 0 saturated heterocycles. The number of amides is 1. The van der Waals surface area contributed by atoms with E-state index in [2.05, 4.69) is 5.32 Å². The summed E-state index contributed by atoms with van der Waals surface area (Å²) in [5, 5.41) is 3.28. The zero-order valence-electron chi connectivity index (χ0n) is 13.2. The summed E-state index contributed by atoms with van der Waals surface area (Å²) < 4.78 is 15.9. The molecular weight excluding hydrogens is 318 g/mol. The van der Waals surface area contributed by atoms with Gasteiger partial charge >= 0.3 is 0 Å². The topological polar surface area (TPSA) is 56.8 Å². The highest BCUT2D eigenvalue weighted by atomic mass is 35.5. The summed E-state index contributed by atoms with van der Waals surface area (Å²) in [6.45, 7) is 2.40. The van der Waals surface area contributed by atoms with Crippen molar-refractivity contribution in [1.82, 2.24) is 0 Å². The lowest BCUT2D eigenvalue weighted by Gasteiger charge is -2.13. The molecule has 1 amide bonds. The zero-order valence-corrected chi connectivity index (χ0v) is 13.9. The van der Waals surface area contributed by atoms with Crippen LogP contribution in [-0.4, -0.2) is 26.7 Å². The highest BCUT2D eigenvalue weighted by molar-refractivity contribution is 6.31. The predicted octanol–water partition coefficient (Wildman–Crippen LogP) is 4.01. The minimum Gasteiger partial charge on any atom is -0.495 e. The molecule has 0 aliphatic heterocycles. The quantitative estimate of drug-likeness (QED) is 0.866. The van der Waals surface area contributed by atoms with Crippen LogP contribution in [0.2, 0.25) is 5.02 Å². The van der Waals surface area contributed by atoms with E-state index in [1.54, 1.807) is 36.4 Å². The third-order valence-electron chi connectivity index (χ3n) is 3.14. The van der Waals surface area contributed by atoms with Crippen LogP contribution in [0.5, 0.6) is 17.2 Å². The maximum Gasteiger partial charge on any atom is 0.255 e. The average molecular weight is 336 g/mol. The van der Waals surface area contributed by atoms with E-state index in [4.69, 9.17) is 25.8 Å². The molecular formula is C17H18ClNO4. The number of hydrogen-bond donors (Lipinski definition) is 1. The molecule has 122 valence electrons. The normalized spacial score (nSPS) is 10.1. The Balaban J connectivity index is 2.26. The minimum atomic E-state index is -0.299. The Kier molecular flexibility index (Phi) is 5.71. The van der Waals surface area contributed by atoms with Gasteiger partial charge in [0.1, 0.15) is 5.75 Å². The fourth-order valence-electron chi connectivity index (χ4n) is 2.06. The summed E-state index contributed by atoms with van der Waals surface area (Å²) in [4.78, 5) is 12.4. The highest BCUT2D eigenvalue weighted by Gasteiger charge is 2.13. The van der Waals surface area contributed by atoms with E-state index in [-0.39, 0.29) is 5.91 Å². The Bertz CT molecular complexity index is 703. The summed E-state index contributed by atoms with van der Waals surface area (Å²) in [6.07, 6.45) is 0. The number of carbonyl (C=O) groups excluding carboxylic acids is 1. The van der Waals surface area contributed by atoms with Crippen LogP contribution in [0.4, 0.5) is 5.69 Å². The molecule has 0 unspecified atom stereocenters. The first-order chi connectivity index (χ1) is 11.1. The highest BCUT2D eigenvalue weighted by Crippen LogP contribution is 2.30. The lowest BCUT2D eigenvalue weighted by molar-refractivity contribution is 0.102. The van der Waals surface area contributed by atoms with Crippen molar-refractivity contribution in [1.29, 1.82) is 0 Å². The van der Waals surface area contributed by atoms with E-state index in [9.17, 15) is 4.79 Å². The molecule has 0 bridgehead atoms. The van der Waals surface area contributed by atoms with Crippen LogP contribution >= 0.6 is 11.6 Å². The van der Waals surface area contributed by atoms with E-state index < -0.39 is 0 Å². The van der Waals surface area contributed by atoms with Crippen molar-refractivity contribution >= 4 is 23.2 Å². The van der Waals surface area contributed by atoms with Gasteiger partial charge in [0.05, 0.1) is 26.5 Å². The number of carbonyl (C=O) groups is 1. The fraction of sp³-hybridized carbons (Fsp3) is 0.235. The molecule has 5 nitrogen and oxygen atoms in total. The zero-order chi connectivity index (χ0) is 16.8. The molecule has 2 aromatic carbocycles. The Morgan fingerprint density at radius 2 is 1.74 bits per heavy atom. The van der Waals surface area contributed by atoms with Gasteiger partial charge in [-0.15, -0.1) is 0 Å². The Hall–Kier alpha value is -2.40. The number of methoxy groups -OCH3 is 2. The first-order valence-corrected chi connectivity index (χ1v) is 7.42. The molecule has 23 heavy (non-hydrogen) atoms. The first-order valence-electron chi connectivity index (χ1n) is 7.04. The van der Waals surface area contributed by atoms with Gasteiger partial charge in [-0.2, -0.15) is 0 Å². The molecule has 0 heterocycles. The van der Waals surface area contributed by atoms with Crippen molar-refractivity contribution in [3.05, 3.63) is 47.0 Å². The number of hydrogen-bond acceptors (Lipinski definition) is 4. The van der Waals surface area contributed by atoms with Crippen molar-refractivity contribution in [3.63, 3.8) is 0 Å². The lowest BCUT2D eigenvalue weighted by Crippen LogP contribution is -2.13. The van der Waals surface area contributed by atoms with Crippen molar-refractivity contribution in [2.24, 2.45) is 0 Å². The number of benzene rings is 2. The maximum absolute atomic E-state index is 12.4. The smallest absolute Gasteiger partial charge is 0.255 e. The van der Waals surface area contributed by atoms with Crippen molar-refractivity contribution < 1.29 is 19.0 Å². The third-order valence-corrected chi connectivity index (χ3v) is 3.37. The van der Waals surface area contributed by atoms with Gasteiger partial charge in [0.15, 0.2) is 11.5 Å². The molecule has 0 aromatic heterocycles. The predicted molar refractivity (Wildman–Crippen MR) is 90.1 cm³/mol. The lowest BCUT2D eigenvalue weighted by atomic mass is 10.1. The molecule has 0 fully saturated rings. The van der Waals surface area contributed by atoms with Gasteiger partial charge in [0.25, 0.3) is 5.91 Å². The molecule has 0 aliphatic rings. The monoisotopic (exact) mass is 335 g/mol. The number of anilines is 1. The van der Waals surface area contributed by atoms with E-state index in [1.807, 2.05) is 6.92 Å². The number of nitrogens with one attached hydrogen (secondary N) is 1. The Morgan fingerprint density at radius 1 is 1.04 bits per heavy atom. The molecule has 0 spiro atoms. The molecule has 2 rings (SSSR count). The van der Waals surface area contributed by atoms with Crippen LogP contribution < -0.4 is 19.5 Å². The SMILES string of the molecule is CCOc1ccc(C(=O)Nc2cc(Cl)ccc2OC)cc1OC. The van der Waals surface area contributed by atoms with E-state index in [1.165, 1.54) is 14.2 Å². The molecule has 0 atom stereocenters. The van der Waals surface area contributed by atoms with E-state index in [0.717, 1.165) is 0 Å². The fourth-order valence-corrected chi connectivity index (χ4v) is 2.23. The second kappa shape index (κ2) is 7.74. The summed E-state index contributed by atoms with van der Waals surface area (Å²) >= 11 is 5.96. The average Bonchev–Trinajstić information content (AvgIpc) is 2.55. The second-order valence-corrected chi connectivity index (χ2v) is 5.03. The number of rotatable bonds is 6. The van der Waals surface area contributed by atoms with Gasteiger partial charge in [0.2, 0.25) is 0 Å². The molecule has 6 heteroatoms. The van der Waals surface area contributed by atoms with Crippen LogP contribution in [-0.2, 0) is 0 Å². The van der Waals surface area contributed by atoms with Crippen LogP contribution in [0.3, 0.4) is 0 Å². The molecule has 0 aliphatic carbocycles. The standard InChI is InChI=1S/C17H18ClNO4/c1-4-23-15-7-5-11(9-16(15)22-3)17(20)19-13-10-12(18)6-8-14(13)21-2/h5-10H,4H2,1-3H3,(H,19,20). The third kappa shape index (κ3) is 4.07. The van der Waals surface area contributed by atoms with Crippen molar-refractivity contribution in [2.45, 2.75) is 6.92 Å². The van der Waals surface area contributed by atoms with E-state index in [0.29, 0.717) is 40.1 Å². The van der Waals surface area contributed by atoms with Gasteiger partial charge in [0, 0.05) is 10.6 Å². The van der Waals surface area contributed by atoms with Crippen molar-refractivity contribution in [2.75, 3.05) is 26.1 Å². The molecule has 2 aromatic rings. The second-order valence-electron chi connectivity index (χ2n) is 4.60. The molecule has 0 saturated carbocycles. The van der Waals surface area contributed by atoms with E-state index >= 15 is 0 Å². The molecule has 0 radical (unpaired) electrons. The molecule has 1 N–H and O–H groups in total. The first kappa shape index (κ1) is 17.0. The van der Waals surface area contributed by atoms with Gasteiger partial charge in [-0.05, 0) is 43.3 Å². The Morgan fingerprint density at radius 3 is 2.39 bits per heavy atom. The maximum atomic E-state index is 12.4. The summed E-state index contributed by atoms with van der Waals surface area (Å²) in [5.74, 6) is 1.32.